The van der Waals surface area contributed by atoms with Crippen LogP contribution >= 0.6 is 0 Å². The highest BCUT2D eigenvalue weighted by Crippen LogP contribution is 2.21. The standard InChI is InChI=1S/C18H15F2N5O2/c1-2-27-17(26)12-5-3-4-6-15(12)23-18-24-16(10-21-25-18)22-11-7-8-13(19)14(20)9-11/h3-10H,2H2,1H3,(H2,22,23,24,25). The summed E-state index contributed by atoms with van der Waals surface area (Å²) in [5.41, 5.74) is 1.07. The van der Waals surface area contributed by atoms with E-state index in [-0.39, 0.29) is 18.4 Å². The normalized spacial score (nSPS) is 10.3. The zero-order valence-corrected chi connectivity index (χ0v) is 14.2. The Kier molecular flexibility index (Phi) is 5.50. The van der Waals surface area contributed by atoms with Crippen molar-refractivity contribution in [3.63, 3.8) is 0 Å². The van der Waals surface area contributed by atoms with E-state index in [4.69, 9.17) is 4.74 Å². The maximum Gasteiger partial charge on any atom is 0.340 e. The third-order valence-electron chi connectivity index (χ3n) is 3.42. The summed E-state index contributed by atoms with van der Waals surface area (Å²) in [4.78, 5) is 16.2. The minimum absolute atomic E-state index is 0.110. The molecule has 0 aliphatic heterocycles. The van der Waals surface area contributed by atoms with Gasteiger partial charge in [-0.15, -0.1) is 5.10 Å². The monoisotopic (exact) mass is 371 g/mol. The molecule has 0 amide bonds. The van der Waals surface area contributed by atoms with Crippen molar-refractivity contribution in [2.75, 3.05) is 17.2 Å². The number of rotatable bonds is 6. The quantitative estimate of drug-likeness (QED) is 0.637. The van der Waals surface area contributed by atoms with E-state index in [2.05, 4.69) is 25.8 Å². The van der Waals surface area contributed by atoms with Crippen molar-refractivity contribution in [3.8, 4) is 0 Å². The SMILES string of the molecule is CCOC(=O)c1ccccc1Nc1nncc(Nc2ccc(F)c(F)c2)n1. The Hall–Kier alpha value is -3.62. The third-order valence-corrected chi connectivity index (χ3v) is 3.42. The minimum Gasteiger partial charge on any atom is -0.462 e. The zero-order valence-electron chi connectivity index (χ0n) is 14.2. The van der Waals surface area contributed by atoms with Gasteiger partial charge in [-0.25, -0.2) is 13.6 Å². The molecule has 0 saturated heterocycles. The van der Waals surface area contributed by atoms with E-state index < -0.39 is 17.6 Å². The number of para-hydroxylation sites is 1. The highest BCUT2D eigenvalue weighted by molar-refractivity contribution is 5.96. The van der Waals surface area contributed by atoms with Gasteiger partial charge in [0.15, 0.2) is 17.5 Å². The second-order valence-electron chi connectivity index (χ2n) is 5.31. The fourth-order valence-electron chi connectivity index (χ4n) is 2.24. The molecule has 0 saturated carbocycles. The number of halogens is 2. The number of ether oxygens (including phenoxy) is 1. The van der Waals surface area contributed by atoms with Crippen LogP contribution in [0.25, 0.3) is 0 Å². The molecule has 7 nitrogen and oxygen atoms in total. The molecule has 2 N–H and O–H groups in total. The first-order chi connectivity index (χ1) is 13.1. The van der Waals surface area contributed by atoms with Crippen LogP contribution < -0.4 is 10.6 Å². The molecule has 0 aliphatic carbocycles. The van der Waals surface area contributed by atoms with E-state index in [1.165, 1.54) is 12.3 Å². The molecule has 0 bridgehead atoms. The summed E-state index contributed by atoms with van der Waals surface area (Å²) in [6.07, 6.45) is 1.32. The molecule has 27 heavy (non-hydrogen) atoms. The van der Waals surface area contributed by atoms with Gasteiger partial charge < -0.3 is 15.4 Å². The van der Waals surface area contributed by atoms with Gasteiger partial charge in [0.2, 0.25) is 5.95 Å². The Morgan fingerprint density at radius 1 is 1.11 bits per heavy atom. The lowest BCUT2D eigenvalue weighted by molar-refractivity contribution is 0.0527. The van der Waals surface area contributed by atoms with Crippen LogP contribution in [0.5, 0.6) is 0 Å². The summed E-state index contributed by atoms with van der Waals surface area (Å²) in [6.45, 7) is 1.97. The maximum absolute atomic E-state index is 13.3. The Labute approximate surface area is 153 Å². The van der Waals surface area contributed by atoms with Crippen molar-refractivity contribution in [1.29, 1.82) is 0 Å². The molecule has 9 heteroatoms. The van der Waals surface area contributed by atoms with Crippen molar-refractivity contribution < 1.29 is 18.3 Å². The topological polar surface area (TPSA) is 89.0 Å². The number of anilines is 4. The number of esters is 1. The van der Waals surface area contributed by atoms with Crippen molar-refractivity contribution in [1.82, 2.24) is 15.2 Å². The van der Waals surface area contributed by atoms with Crippen LogP contribution in [0.1, 0.15) is 17.3 Å². The fourth-order valence-corrected chi connectivity index (χ4v) is 2.24. The van der Waals surface area contributed by atoms with Gasteiger partial charge in [0, 0.05) is 11.8 Å². The summed E-state index contributed by atoms with van der Waals surface area (Å²) in [5.74, 6) is -2.04. The van der Waals surface area contributed by atoms with Crippen LogP contribution in [0.4, 0.5) is 31.9 Å². The molecular formula is C18H15F2N5O2. The predicted octanol–water partition coefficient (Wildman–Crippen LogP) is 3.81. The number of benzene rings is 2. The van der Waals surface area contributed by atoms with Gasteiger partial charge in [-0.05, 0) is 31.2 Å². The lowest BCUT2D eigenvalue weighted by Gasteiger charge is -2.11. The molecule has 0 spiro atoms. The van der Waals surface area contributed by atoms with E-state index in [1.54, 1.807) is 31.2 Å². The molecule has 0 atom stereocenters. The van der Waals surface area contributed by atoms with Gasteiger partial charge in [-0.3, -0.25) is 0 Å². The Morgan fingerprint density at radius 2 is 1.93 bits per heavy atom. The number of aromatic nitrogens is 3. The van der Waals surface area contributed by atoms with Gasteiger partial charge in [0.1, 0.15) is 0 Å². The first kappa shape index (κ1) is 18.2. The zero-order chi connectivity index (χ0) is 19.2. The molecule has 3 aromatic rings. The van der Waals surface area contributed by atoms with Gasteiger partial charge >= 0.3 is 5.97 Å². The predicted molar refractivity (Wildman–Crippen MR) is 95.1 cm³/mol. The van der Waals surface area contributed by atoms with Gasteiger partial charge in [0.25, 0.3) is 0 Å². The van der Waals surface area contributed by atoms with Crippen LogP contribution in [0, 0.1) is 11.6 Å². The van der Waals surface area contributed by atoms with E-state index in [0.717, 1.165) is 12.1 Å². The summed E-state index contributed by atoms with van der Waals surface area (Å²) >= 11 is 0. The molecule has 1 aromatic heterocycles. The van der Waals surface area contributed by atoms with Gasteiger partial charge in [-0.1, -0.05) is 12.1 Å². The van der Waals surface area contributed by atoms with Crippen LogP contribution in [0.3, 0.4) is 0 Å². The molecule has 0 radical (unpaired) electrons. The lowest BCUT2D eigenvalue weighted by Crippen LogP contribution is -2.09. The molecular weight excluding hydrogens is 356 g/mol. The van der Waals surface area contributed by atoms with Crippen LogP contribution in [0.2, 0.25) is 0 Å². The van der Waals surface area contributed by atoms with E-state index in [9.17, 15) is 13.6 Å². The summed E-state index contributed by atoms with van der Waals surface area (Å²) in [7, 11) is 0. The Morgan fingerprint density at radius 3 is 2.70 bits per heavy atom. The average molecular weight is 371 g/mol. The number of nitrogens with zero attached hydrogens (tertiary/aromatic N) is 3. The minimum atomic E-state index is -0.983. The number of hydrogen-bond donors (Lipinski definition) is 2. The summed E-state index contributed by atoms with van der Waals surface area (Å²) in [5, 5.41) is 13.4. The highest BCUT2D eigenvalue weighted by atomic mass is 19.2. The first-order valence-electron chi connectivity index (χ1n) is 8.02. The van der Waals surface area contributed by atoms with Crippen molar-refractivity contribution >= 4 is 29.1 Å². The molecule has 0 aliphatic rings. The second kappa shape index (κ2) is 8.17. The van der Waals surface area contributed by atoms with Crippen molar-refractivity contribution in [2.24, 2.45) is 0 Å². The number of carbonyl (C=O) groups excluding carboxylic acids is 1. The smallest absolute Gasteiger partial charge is 0.340 e. The van der Waals surface area contributed by atoms with Crippen LogP contribution in [0.15, 0.2) is 48.7 Å². The van der Waals surface area contributed by atoms with Gasteiger partial charge in [0.05, 0.1) is 24.1 Å². The highest BCUT2D eigenvalue weighted by Gasteiger charge is 2.13. The summed E-state index contributed by atoms with van der Waals surface area (Å²) in [6, 6.07) is 10.1. The first-order valence-corrected chi connectivity index (χ1v) is 8.02. The molecule has 138 valence electrons. The van der Waals surface area contributed by atoms with Gasteiger partial charge in [-0.2, -0.15) is 10.1 Å². The van der Waals surface area contributed by atoms with Crippen molar-refractivity contribution in [3.05, 3.63) is 65.9 Å². The van der Waals surface area contributed by atoms with Crippen LogP contribution in [-0.4, -0.2) is 27.8 Å². The molecule has 0 unspecified atom stereocenters. The largest absolute Gasteiger partial charge is 0.462 e. The Bertz CT molecular complexity index is 968. The molecule has 1 heterocycles. The number of nitrogens with one attached hydrogen (secondary N) is 2. The molecule has 3 rings (SSSR count). The summed E-state index contributed by atoms with van der Waals surface area (Å²) < 4.78 is 31.3. The molecule has 2 aromatic carbocycles. The van der Waals surface area contributed by atoms with E-state index in [0.29, 0.717) is 16.9 Å². The fraction of sp³-hybridized carbons (Fsp3) is 0.111. The van der Waals surface area contributed by atoms with E-state index in [1.807, 2.05) is 0 Å². The number of hydrogen-bond acceptors (Lipinski definition) is 7. The van der Waals surface area contributed by atoms with Crippen molar-refractivity contribution in [2.45, 2.75) is 6.92 Å². The van der Waals surface area contributed by atoms with Crippen LogP contribution in [-0.2, 0) is 4.74 Å². The van der Waals surface area contributed by atoms with E-state index >= 15 is 0 Å². The third kappa shape index (κ3) is 4.51. The second-order valence-corrected chi connectivity index (χ2v) is 5.31. The lowest BCUT2D eigenvalue weighted by atomic mass is 10.2. The average Bonchev–Trinajstić information content (AvgIpc) is 2.66. The molecule has 0 fully saturated rings. The number of carbonyl (C=O) groups is 1. The Balaban J connectivity index is 1.80. The maximum atomic E-state index is 13.3.